The third kappa shape index (κ3) is 10.1. The number of allylic oxidation sites excluding steroid dienone is 1. The van der Waals surface area contributed by atoms with Gasteiger partial charge in [0.2, 0.25) is 0 Å². The van der Waals surface area contributed by atoms with E-state index in [1.807, 2.05) is 6.08 Å². The molecule has 0 aromatic carbocycles. The lowest BCUT2D eigenvalue weighted by Gasteiger charge is -2.17. The van der Waals surface area contributed by atoms with E-state index in [9.17, 15) is 9.90 Å². The summed E-state index contributed by atoms with van der Waals surface area (Å²) in [6, 6.07) is 0. The molecule has 1 aliphatic rings. The van der Waals surface area contributed by atoms with Gasteiger partial charge in [0.15, 0.2) is 0 Å². The van der Waals surface area contributed by atoms with E-state index in [-0.39, 0.29) is 12.2 Å². The van der Waals surface area contributed by atoms with Gasteiger partial charge in [-0.25, -0.2) is 0 Å². The van der Waals surface area contributed by atoms with Crippen molar-refractivity contribution in [3.05, 3.63) is 24.3 Å². The lowest BCUT2D eigenvalue weighted by Crippen LogP contribution is -2.24. The summed E-state index contributed by atoms with van der Waals surface area (Å²) < 4.78 is 5.53. The van der Waals surface area contributed by atoms with Gasteiger partial charge in [0.05, 0.1) is 17.6 Å². The number of hydrogen-bond donors (Lipinski definition) is 2. The Hall–Kier alpha value is -1.13. The van der Waals surface area contributed by atoms with Crippen LogP contribution in [0.2, 0.25) is 0 Å². The Kier molecular flexibility index (Phi) is 10.8. The molecule has 0 amide bonds. The van der Waals surface area contributed by atoms with E-state index in [1.165, 1.54) is 38.5 Å². The van der Waals surface area contributed by atoms with Crippen LogP contribution in [-0.4, -0.2) is 34.5 Å². The number of aliphatic hydroxyl groups excluding tert-OH is 1. The minimum Gasteiger partial charge on any atom is -0.481 e. The maximum Gasteiger partial charge on any atom is 0.309 e. The van der Waals surface area contributed by atoms with Crippen LogP contribution in [-0.2, 0) is 9.53 Å². The number of hydrogen-bond acceptors (Lipinski definition) is 3. The molecule has 3 atom stereocenters. The molecule has 3 unspecified atom stereocenters. The van der Waals surface area contributed by atoms with Crippen LogP contribution < -0.4 is 0 Å². The van der Waals surface area contributed by atoms with Crippen LogP contribution in [0.1, 0.15) is 85.0 Å². The molecule has 0 radical (unpaired) electrons. The van der Waals surface area contributed by atoms with Gasteiger partial charge in [-0.05, 0) is 46.0 Å². The maximum atomic E-state index is 11.1. The lowest BCUT2D eigenvalue weighted by molar-refractivity contribution is -0.147. The van der Waals surface area contributed by atoms with Crippen LogP contribution in [0.3, 0.4) is 0 Å². The molecule has 0 spiro atoms. The second-order valence-corrected chi connectivity index (χ2v) is 8.08. The third-order valence-electron chi connectivity index (χ3n) is 5.05. The summed E-state index contributed by atoms with van der Waals surface area (Å²) in [6.07, 6.45) is 18.5. The molecule has 0 bridgehead atoms. The van der Waals surface area contributed by atoms with Crippen molar-refractivity contribution in [1.82, 2.24) is 0 Å². The van der Waals surface area contributed by atoms with Crippen LogP contribution in [0.4, 0.5) is 0 Å². The van der Waals surface area contributed by atoms with Gasteiger partial charge in [0.25, 0.3) is 0 Å². The normalized spacial score (nSPS) is 21.5. The zero-order valence-corrected chi connectivity index (χ0v) is 16.8. The Morgan fingerprint density at radius 3 is 2.54 bits per heavy atom. The fourth-order valence-corrected chi connectivity index (χ4v) is 2.88. The fraction of sp³-hybridized carbons (Fsp3) is 0.773. The molecular weight excluding hydrogens is 328 g/mol. The number of ether oxygens (including phenoxy) is 1. The van der Waals surface area contributed by atoms with E-state index in [0.717, 1.165) is 12.8 Å². The maximum absolute atomic E-state index is 11.1. The second-order valence-electron chi connectivity index (χ2n) is 8.08. The molecule has 1 rings (SSSR count). The molecule has 0 aromatic heterocycles. The van der Waals surface area contributed by atoms with Crippen molar-refractivity contribution in [3.63, 3.8) is 0 Å². The Morgan fingerprint density at radius 1 is 1.15 bits per heavy atom. The Labute approximate surface area is 159 Å². The number of carbonyl (C=O) groups is 1. The summed E-state index contributed by atoms with van der Waals surface area (Å²) in [6.45, 7) is 5.71. The summed E-state index contributed by atoms with van der Waals surface area (Å²) in [7, 11) is 0. The number of unbranched alkanes of at least 4 members (excludes halogenated alkanes) is 6. The molecule has 4 nitrogen and oxygen atoms in total. The van der Waals surface area contributed by atoms with Gasteiger partial charge in [-0.3, -0.25) is 4.79 Å². The molecule has 0 aliphatic carbocycles. The molecule has 4 heteroatoms. The molecule has 1 saturated heterocycles. The van der Waals surface area contributed by atoms with Crippen LogP contribution in [0.25, 0.3) is 0 Å². The first-order valence-corrected chi connectivity index (χ1v) is 10.3. The lowest BCUT2D eigenvalue weighted by atomic mass is 9.87. The van der Waals surface area contributed by atoms with Crippen molar-refractivity contribution in [2.45, 2.75) is 103 Å². The zero-order chi connectivity index (χ0) is 19.4. The van der Waals surface area contributed by atoms with Gasteiger partial charge in [-0.2, -0.15) is 0 Å². The number of carboxylic acid groups (broad SMARTS) is 1. The topological polar surface area (TPSA) is 70.1 Å². The van der Waals surface area contributed by atoms with Gasteiger partial charge in [-0.15, -0.1) is 0 Å². The van der Waals surface area contributed by atoms with Gasteiger partial charge in [0.1, 0.15) is 6.10 Å². The highest BCUT2D eigenvalue weighted by Crippen LogP contribution is 2.33. The van der Waals surface area contributed by atoms with Gasteiger partial charge in [0, 0.05) is 0 Å². The van der Waals surface area contributed by atoms with Gasteiger partial charge >= 0.3 is 5.97 Å². The fourth-order valence-electron chi connectivity index (χ4n) is 2.88. The van der Waals surface area contributed by atoms with E-state index in [0.29, 0.717) is 12.8 Å². The van der Waals surface area contributed by atoms with Crippen LogP contribution in [0.5, 0.6) is 0 Å². The monoisotopic (exact) mass is 366 g/mol. The smallest absolute Gasteiger partial charge is 0.309 e. The van der Waals surface area contributed by atoms with Crippen LogP contribution >= 0.6 is 0 Å². The second kappa shape index (κ2) is 12.3. The summed E-state index contributed by atoms with van der Waals surface area (Å²) in [5.74, 6) is -0.770. The predicted molar refractivity (Wildman–Crippen MR) is 106 cm³/mol. The standard InChI is InChI=1S/C22H38O4/c1-4-5-6-7-8-9-10-11-12-13-18(23)14-15-19-20(26-19)16-17-22(2,3)21(24)25/h11-12,14-15,18-20,23H,4-10,13,16-17H2,1-3H3,(H,24,25)/b12-11-,15-14+. The van der Waals surface area contributed by atoms with E-state index >= 15 is 0 Å². The number of rotatable bonds is 15. The summed E-state index contributed by atoms with van der Waals surface area (Å²) in [4.78, 5) is 11.1. The Balaban J connectivity index is 2.06. The third-order valence-corrected chi connectivity index (χ3v) is 5.05. The quantitative estimate of drug-likeness (QED) is 0.236. The first-order chi connectivity index (χ1) is 12.4. The van der Waals surface area contributed by atoms with Crippen molar-refractivity contribution in [2.24, 2.45) is 5.41 Å². The summed E-state index contributed by atoms with van der Waals surface area (Å²) in [5, 5.41) is 19.1. The Morgan fingerprint density at radius 2 is 1.85 bits per heavy atom. The molecule has 150 valence electrons. The van der Waals surface area contributed by atoms with Crippen LogP contribution in [0.15, 0.2) is 24.3 Å². The molecular formula is C22H38O4. The van der Waals surface area contributed by atoms with Crippen molar-refractivity contribution < 1.29 is 19.7 Å². The van der Waals surface area contributed by atoms with Gasteiger partial charge < -0.3 is 14.9 Å². The van der Waals surface area contributed by atoms with Crippen molar-refractivity contribution >= 4 is 5.97 Å². The largest absolute Gasteiger partial charge is 0.481 e. The molecule has 26 heavy (non-hydrogen) atoms. The zero-order valence-electron chi connectivity index (χ0n) is 16.8. The molecule has 1 fully saturated rings. The molecule has 2 N–H and O–H groups in total. The number of aliphatic hydroxyl groups is 1. The molecule has 1 heterocycles. The molecule has 0 saturated carbocycles. The number of aliphatic carboxylic acids is 1. The minimum absolute atomic E-state index is 0.0290. The van der Waals surface area contributed by atoms with Crippen molar-refractivity contribution in [3.8, 4) is 0 Å². The molecule has 0 aromatic rings. The van der Waals surface area contributed by atoms with Crippen LogP contribution in [0, 0.1) is 5.41 Å². The summed E-state index contributed by atoms with van der Waals surface area (Å²) >= 11 is 0. The SMILES string of the molecule is CCCCCCCC/C=C\CC(O)/C=C/C1OC1CCC(C)(C)C(=O)O. The van der Waals surface area contributed by atoms with Crippen molar-refractivity contribution in [1.29, 1.82) is 0 Å². The minimum atomic E-state index is -0.770. The first-order valence-electron chi connectivity index (χ1n) is 10.3. The highest BCUT2D eigenvalue weighted by molar-refractivity contribution is 5.73. The summed E-state index contributed by atoms with van der Waals surface area (Å²) in [5.41, 5.74) is -0.708. The van der Waals surface area contributed by atoms with E-state index in [2.05, 4.69) is 19.1 Å². The van der Waals surface area contributed by atoms with E-state index in [1.54, 1.807) is 19.9 Å². The van der Waals surface area contributed by atoms with E-state index in [4.69, 9.17) is 9.84 Å². The molecule has 1 aliphatic heterocycles. The van der Waals surface area contributed by atoms with E-state index < -0.39 is 17.5 Å². The van der Waals surface area contributed by atoms with Crippen molar-refractivity contribution in [2.75, 3.05) is 0 Å². The average molecular weight is 367 g/mol. The Bertz CT molecular complexity index is 453. The van der Waals surface area contributed by atoms with Gasteiger partial charge in [-0.1, -0.05) is 63.3 Å². The number of epoxide rings is 1. The number of carboxylic acids is 1. The first kappa shape index (κ1) is 22.9. The average Bonchev–Trinajstić information content (AvgIpc) is 3.35. The highest BCUT2D eigenvalue weighted by Gasteiger charge is 2.38. The highest BCUT2D eigenvalue weighted by atomic mass is 16.6. The predicted octanol–water partition coefficient (Wildman–Crippen LogP) is 5.26.